The van der Waals surface area contributed by atoms with Gasteiger partial charge in [0.15, 0.2) is 5.78 Å². The summed E-state index contributed by atoms with van der Waals surface area (Å²) >= 11 is 5.05. The molecule has 2 rings (SSSR count). The SMILES string of the molecule is COc1ccc(C(=O)CSCc2ccccc2C)cc1Br. The lowest BCUT2D eigenvalue weighted by atomic mass is 10.1. The Labute approximate surface area is 138 Å². The second-order valence-electron chi connectivity index (χ2n) is 4.69. The number of ether oxygens (including phenoxy) is 1. The van der Waals surface area contributed by atoms with Crippen LogP contribution in [-0.4, -0.2) is 18.6 Å². The van der Waals surface area contributed by atoms with Gasteiger partial charge in [-0.25, -0.2) is 0 Å². The summed E-state index contributed by atoms with van der Waals surface area (Å²) in [6.45, 7) is 2.10. The molecule has 0 aromatic heterocycles. The zero-order valence-electron chi connectivity index (χ0n) is 12.1. The number of halogens is 1. The number of aryl methyl sites for hydroxylation is 1. The van der Waals surface area contributed by atoms with Gasteiger partial charge in [0.2, 0.25) is 0 Å². The van der Waals surface area contributed by atoms with E-state index in [4.69, 9.17) is 4.74 Å². The molecule has 0 bridgehead atoms. The first-order chi connectivity index (χ1) is 10.1. The van der Waals surface area contributed by atoms with Crippen molar-refractivity contribution in [3.05, 3.63) is 63.6 Å². The van der Waals surface area contributed by atoms with E-state index in [0.29, 0.717) is 11.3 Å². The molecule has 0 aliphatic heterocycles. The first kappa shape index (κ1) is 16.1. The van der Waals surface area contributed by atoms with E-state index in [2.05, 4.69) is 35.0 Å². The summed E-state index contributed by atoms with van der Waals surface area (Å²) in [7, 11) is 1.61. The predicted molar refractivity (Wildman–Crippen MR) is 92.4 cm³/mol. The molecule has 0 amide bonds. The zero-order valence-corrected chi connectivity index (χ0v) is 14.5. The van der Waals surface area contributed by atoms with E-state index >= 15 is 0 Å². The standard InChI is InChI=1S/C17H17BrO2S/c1-12-5-3-4-6-14(12)10-21-11-16(19)13-7-8-17(20-2)15(18)9-13/h3-9H,10-11H2,1-2H3. The highest BCUT2D eigenvalue weighted by molar-refractivity contribution is 9.10. The number of ketones is 1. The lowest BCUT2D eigenvalue weighted by Gasteiger charge is -2.07. The third-order valence-corrected chi connectivity index (χ3v) is 4.83. The number of methoxy groups -OCH3 is 1. The molecule has 21 heavy (non-hydrogen) atoms. The van der Waals surface area contributed by atoms with E-state index in [0.717, 1.165) is 16.0 Å². The smallest absolute Gasteiger partial charge is 0.172 e. The van der Waals surface area contributed by atoms with Crippen LogP contribution >= 0.6 is 27.7 Å². The van der Waals surface area contributed by atoms with Crippen molar-refractivity contribution in [2.24, 2.45) is 0 Å². The molecule has 0 N–H and O–H groups in total. The van der Waals surface area contributed by atoms with Crippen LogP contribution in [0.15, 0.2) is 46.9 Å². The van der Waals surface area contributed by atoms with Crippen molar-refractivity contribution in [1.29, 1.82) is 0 Å². The van der Waals surface area contributed by atoms with Crippen LogP contribution in [0.3, 0.4) is 0 Å². The minimum Gasteiger partial charge on any atom is -0.496 e. The number of rotatable bonds is 6. The fourth-order valence-electron chi connectivity index (χ4n) is 1.95. The highest BCUT2D eigenvalue weighted by Crippen LogP contribution is 2.26. The molecule has 0 atom stereocenters. The lowest BCUT2D eigenvalue weighted by molar-refractivity contribution is 0.102. The van der Waals surface area contributed by atoms with Gasteiger partial charge in [0.25, 0.3) is 0 Å². The van der Waals surface area contributed by atoms with E-state index in [9.17, 15) is 4.79 Å². The molecule has 2 aromatic rings. The lowest BCUT2D eigenvalue weighted by Crippen LogP contribution is -2.03. The van der Waals surface area contributed by atoms with Gasteiger partial charge in [-0.1, -0.05) is 24.3 Å². The summed E-state index contributed by atoms with van der Waals surface area (Å²) < 4.78 is 5.97. The summed E-state index contributed by atoms with van der Waals surface area (Å²) in [5.41, 5.74) is 3.26. The Morgan fingerprint density at radius 3 is 2.67 bits per heavy atom. The van der Waals surface area contributed by atoms with E-state index < -0.39 is 0 Å². The molecule has 2 nitrogen and oxygen atoms in total. The van der Waals surface area contributed by atoms with Gasteiger partial charge in [0, 0.05) is 11.3 Å². The molecular formula is C17H17BrO2S. The van der Waals surface area contributed by atoms with Crippen LogP contribution in [0, 0.1) is 6.92 Å². The number of thioether (sulfide) groups is 1. The highest BCUT2D eigenvalue weighted by atomic mass is 79.9. The summed E-state index contributed by atoms with van der Waals surface area (Å²) in [6, 6.07) is 13.7. The van der Waals surface area contributed by atoms with Crippen LogP contribution in [0.4, 0.5) is 0 Å². The third-order valence-electron chi connectivity index (χ3n) is 3.23. The molecule has 0 unspecified atom stereocenters. The molecule has 2 aromatic carbocycles. The number of hydrogen-bond donors (Lipinski definition) is 0. The molecule has 4 heteroatoms. The molecule has 0 aliphatic rings. The van der Waals surface area contributed by atoms with E-state index in [-0.39, 0.29) is 5.78 Å². The molecular weight excluding hydrogens is 348 g/mol. The van der Waals surface area contributed by atoms with Crippen molar-refractivity contribution in [2.45, 2.75) is 12.7 Å². The van der Waals surface area contributed by atoms with Gasteiger partial charge in [0.05, 0.1) is 17.3 Å². The molecule has 0 saturated heterocycles. The van der Waals surface area contributed by atoms with Gasteiger partial charge in [-0.05, 0) is 52.2 Å². The summed E-state index contributed by atoms with van der Waals surface area (Å²) in [5, 5.41) is 0. The summed E-state index contributed by atoms with van der Waals surface area (Å²) in [4.78, 5) is 12.2. The summed E-state index contributed by atoms with van der Waals surface area (Å²) in [5.74, 6) is 2.21. The first-order valence-electron chi connectivity index (χ1n) is 6.61. The third kappa shape index (κ3) is 4.35. The second kappa shape index (κ2) is 7.66. The number of benzene rings is 2. The van der Waals surface area contributed by atoms with Crippen molar-refractivity contribution in [1.82, 2.24) is 0 Å². The normalized spacial score (nSPS) is 10.4. The highest BCUT2D eigenvalue weighted by Gasteiger charge is 2.09. The Hall–Kier alpha value is -1.26. The fourth-order valence-corrected chi connectivity index (χ4v) is 3.49. The second-order valence-corrected chi connectivity index (χ2v) is 6.53. The van der Waals surface area contributed by atoms with Crippen molar-refractivity contribution in [3.63, 3.8) is 0 Å². The quantitative estimate of drug-likeness (QED) is 0.683. The topological polar surface area (TPSA) is 26.3 Å². The van der Waals surface area contributed by atoms with Crippen LogP contribution in [0.1, 0.15) is 21.5 Å². The Kier molecular flexibility index (Phi) is 5.88. The Balaban J connectivity index is 1.93. The maximum atomic E-state index is 12.2. The van der Waals surface area contributed by atoms with E-state index in [1.807, 2.05) is 24.3 Å². The van der Waals surface area contributed by atoms with Crippen molar-refractivity contribution < 1.29 is 9.53 Å². The monoisotopic (exact) mass is 364 g/mol. The molecule has 0 saturated carbocycles. The van der Waals surface area contributed by atoms with Crippen molar-refractivity contribution in [3.8, 4) is 5.75 Å². The van der Waals surface area contributed by atoms with E-state index in [1.54, 1.807) is 24.9 Å². The number of carbonyl (C=O) groups excluding carboxylic acids is 1. The number of carbonyl (C=O) groups is 1. The average molecular weight is 365 g/mol. The molecule has 0 radical (unpaired) electrons. The Morgan fingerprint density at radius 2 is 2.00 bits per heavy atom. The van der Waals surface area contributed by atoms with Gasteiger partial charge in [-0.2, -0.15) is 0 Å². The minimum absolute atomic E-state index is 0.136. The maximum Gasteiger partial charge on any atom is 0.172 e. The minimum atomic E-state index is 0.136. The van der Waals surface area contributed by atoms with Crippen molar-refractivity contribution in [2.75, 3.05) is 12.9 Å². The maximum absolute atomic E-state index is 12.2. The molecule has 0 fully saturated rings. The molecule has 0 heterocycles. The number of Topliss-reactive ketones (excluding diaryl/α,β-unsaturated/α-hetero) is 1. The van der Waals surface area contributed by atoms with Crippen molar-refractivity contribution >= 4 is 33.5 Å². The molecule has 0 aliphatic carbocycles. The van der Waals surface area contributed by atoms with Crippen LogP contribution in [0.25, 0.3) is 0 Å². The predicted octanol–water partition coefficient (Wildman–Crippen LogP) is 4.88. The van der Waals surface area contributed by atoms with Gasteiger partial charge < -0.3 is 4.74 Å². The molecule has 110 valence electrons. The Bertz CT molecular complexity index is 640. The van der Waals surface area contributed by atoms with Crippen LogP contribution in [0.2, 0.25) is 0 Å². The molecule has 0 spiro atoms. The van der Waals surface area contributed by atoms with Gasteiger partial charge in [-0.3, -0.25) is 4.79 Å². The van der Waals surface area contributed by atoms with Gasteiger partial charge >= 0.3 is 0 Å². The Morgan fingerprint density at radius 1 is 1.24 bits per heavy atom. The first-order valence-corrected chi connectivity index (χ1v) is 8.55. The largest absolute Gasteiger partial charge is 0.496 e. The number of hydrogen-bond acceptors (Lipinski definition) is 3. The van der Waals surface area contributed by atoms with E-state index in [1.165, 1.54) is 11.1 Å². The fraction of sp³-hybridized carbons (Fsp3) is 0.235. The average Bonchev–Trinajstić information content (AvgIpc) is 2.49. The summed E-state index contributed by atoms with van der Waals surface area (Å²) in [6.07, 6.45) is 0. The van der Waals surface area contributed by atoms with Crippen LogP contribution < -0.4 is 4.74 Å². The van der Waals surface area contributed by atoms with Crippen LogP contribution in [0.5, 0.6) is 5.75 Å². The zero-order chi connectivity index (χ0) is 15.2. The van der Waals surface area contributed by atoms with Crippen LogP contribution in [-0.2, 0) is 5.75 Å². The van der Waals surface area contributed by atoms with Gasteiger partial charge in [0.1, 0.15) is 5.75 Å². The van der Waals surface area contributed by atoms with Gasteiger partial charge in [-0.15, -0.1) is 11.8 Å².